The molecule has 4 N–H and O–H groups in total. The van der Waals surface area contributed by atoms with Crippen LogP contribution in [0.5, 0.6) is 0 Å². The first kappa shape index (κ1) is 27.0. The van der Waals surface area contributed by atoms with Gasteiger partial charge in [0.15, 0.2) is 5.13 Å². The lowest BCUT2D eigenvalue weighted by Gasteiger charge is -2.49. The summed E-state index contributed by atoms with van der Waals surface area (Å²) in [6, 6.07) is -1.02. The maximum absolute atomic E-state index is 13.0. The molecule has 3 aliphatic heterocycles. The number of carbonyl (C=O) groups excluding carboxylic acids is 2. The minimum Gasteiger partial charge on any atom is -0.477 e. The number of carbonyl (C=O) groups is 3. The smallest absolute Gasteiger partial charge is 0.352 e. The normalized spacial score (nSPS) is 24.1. The van der Waals surface area contributed by atoms with Gasteiger partial charge in [-0.1, -0.05) is 11.2 Å². The Morgan fingerprint density at radius 3 is 2.76 bits per heavy atom. The monoisotopic (exact) mass is 555 g/mol. The zero-order chi connectivity index (χ0) is 26.7. The van der Waals surface area contributed by atoms with Gasteiger partial charge in [-0.2, -0.15) is 9.36 Å². The predicted molar refractivity (Wildman–Crippen MR) is 135 cm³/mol. The Balaban J connectivity index is 1.46. The van der Waals surface area contributed by atoms with E-state index in [0.29, 0.717) is 11.3 Å². The molecular weight excluding hydrogens is 527 g/mol. The van der Waals surface area contributed by atoms with E-state index in [-0.39, 0.29) is 16.7 Å². The number of nitrogens with one attached hydrogen (secondary N) is 1. The quantitative estimate of drug-likeness (QED) is 0.156. The Morgan fingerprint density at radius 2 is 2.14 bits per heavy atom. The van der Waals surface area contributed by atoms with Crippen LogP contribution >= 0.6 is 23.3 Å². The molecule has 4 rings (SSSR count). The van der Waals surface area contributed by atoms with Crippen molar-refractivity contribution in [2.45, 2.75) is 11.4 Å². The molecule has 3 aliphatic rings. The highest BCUT2D eigenvalue weighted by atomic mass is 32.2. The van der Waals surface area contributed by atoms with Gasteiger partial charge in [0.25, 0.3) is 18.7 Å². The van der Waals surface area contributed by atoms with Crippen LogP contribution in [-0.4, -0.2) is 123 Å². The molecule has 0 aliphatic carbocycles. The Bertz CT molecular complexity index is 1160. The second kappa shape index (κ2) is 11.1. The molecule has 1 aromatic rings. The number of anilines is 1. The molecule has 37 heavy (non-hydrogen) atoms. The molecule has 0 unspecified atom stereocenters. The third-order valence-corrected chi connectivity index (χ3v) is 8.31. The van der Waals surface area contributed by atoms with Crippen LogP contribution in [0.15, 0.2) is 28.6 Å². The Hall–Kier alpha value is -3.08. The second-order valence-electron chi connectivity index (χ2n) is 9.13. The van der Waals surface area contributed by atoms with Gasteiger partial charge in [-0.05, 0) is 18.7 Å². The lowest BCUT2D eigenvalue weighted by atomic mass is 10.0. The maximum Gasteiger partial charge on any atom is 0.352 e. The number of carboxylic acid groups (broad SMARTS) is 1. The number of alkyl halides is 1. The number of hydrogen-bond donors (Lipinski definition) is 3. The SMILES string of the molecule is CN1CC[N+](C)(C/C=C/C2=C(C(=O)O)N3C(=O)[C@@H](NC(=O)/C(=N\OCF)c4nsc(N)n4)[C@@H]3SC2)CC1. The molecule has 0 radical (unpaired) electrons. The number of nitrogen functional groups attached to an aromatic ring is 1. The van der Waals surface area contributed by atoms with Crippen molar-refractivity contribution in [3.05, 3.63) is 29.2 Å². The van der Waals surface area contributed by atoms with Gasteiger partial charge in [0.1, 0.15) is 17.1 Å². The highest BCUT2D eigenvalue weighted by molar-refractivity contribution is 8.00. The Labute approximate surface area is 220 Å². The van der Waals surface area contributed by atoms with Gasteiger partial charge < -0.3 is 25.5 Å². The zero-order valence-corrected chi connectivity index (χ0v) is 21.9. The van der Waals surface area contributed by atoms with E-state index in [9.17, 15) is 23.9 Å². The number of piperazine rings is 1. The first-order chi connectivity index (χ1) is 17.6. The Morgan fingerprint density at radius 1 is 1.41 bits per heavy atom. The van der Waals surface area contributed by atoms with E-state index in [4.69, 9.17) is 5.73 Å². The second-order valence-corrected chi connectivity index (χ2v) is 11.0. The molecular formula is C21H28FN8O5S2+. The summed E-state index contributed by atoms with van der Waals surface area (Å²) in [4.78, 5) is 49.6. The number of fused-ring (bicyclic) bond motifs is 1. The lowest BCUT2D eigenvalue weighted by Crippen LogP contribution is -2.71. The van der Waals surface area contributed by atoms with E-state index in [1.165, 1.54) is 16.7 Å². The highest BCUT2D eigenvalue weighted by Gasteiger charge is 2.54. The summed E-state index contributed by atoms with van der Waals surface area (Å²) in [5.74, 6) is -2.50. The summed E-state index contributed by atoms with van der Waals surface area (Å²) in [5.41, 5.74) is 5.54. The standard InChI is InChI=1S/C21H27FN8O5S2/c1-28-5-8-30(2,9-6-28)7-3-4-12-10-36-19-14(18(32)29(19)15(12)20(33)34)24-17(31)13(26-35-11-22)16-25-21(23)37-27-16/h3-4,14,19H,5-11H2,1-2H3,(H3-,23,24,25,27,31,33,34)/p+1/b4-3+,26-13-/t14-,19+/m1/s1. The zero-order valence-electron chi connectivity index (χ0n) is 20.3. The number of thioether (sulfide) groups is 1. The van der Waals surface area contributed by atoms with E-state index >= 15 is 0 Å². The van der Waals surface area contributed by atoms with Crippen LogP contribution in [0.2, 0.25) is 0 Å². The molecule has 2 fully saturated rings. The largest absolute Gasteiger partial charge is 0.477 e. The average Bonchev–Trinajstić information content (AvgIpc) is 3.30. The van der Waals surface area contributed by atoms with Gasteiger partial charge in [0.2, 0.25) is 11.5 Å². The predicted octanol–water partition coefficient (Wildman–Crippen LogP) is -0.545. The number of nitrogens with two attached hydrogens (primary N) is 1. The van der Waals surface area contributed by atoms with Gasteiger partial charge in [-0.3, -0.25) is 19.4 Å². The first-order valence-corrected chi connectivity index (χ1v) is 13.2. The number of likely N-dealkylation sites (N-methyl/N-ethyl adjacent to an activating group) is 2. The minimum absolute atomic E-state index is 0.0601. The van der Waals surface area contributed by atoms with Gasteiger partial charge >= 0.3 is 5.97 Å². The maximum atomic E-state index is 13.0. The molecule has 0 saturated carbocycles. The number of allylic oxidation sites excluding steroid dienone is 1. The van der Waals surface area contributed by atoms with Crippen molar-refractivity contribution in [2.24, 2.45) is 5.16 Å². The van der Waals surface area contributed by atoms with Crippen molar-refractivity contribution in [1.82, 2.24) is 24.5 Å². The molecule has 2 amide bonds. The van der Waals surface area contributed by atoms with Crippen molar-refractivity contribution in [1.29, 1.82) is 0 Å². The van der Waals surface area contributed by atoms with Crippen molar-refractivity contribution in [3.8, 4) is 0 Å². The van der Waals surface area contributed by atoms with Crippen LogP contribution in [0.25, 0.3) is 0 Å². The van der Waals surface area contributed by atoms with E-state index < -0.39 is 41.8 Å². The molecule has 200 valence electrons. The summed E-state index contributed by atoms with van der Waals surface area (Å²) < 4.78 is 17.2. The highest BCUT2D eigenvalue weighted by Crippen LogP contribution is 2.40. The number of halogens is 1. The number of amides is 2. The topological polar surface area (TPSA) is 163 Å². The molecule has 4 heterocycles. The van der Waals surface area contributed by atoms with E-state index in [0.717, 1.165) is 48.7 Å². The molecule has 1 aromatic heterocycles. The molecule has 2 saturated heterocycles. The van der Waals surface area contributed by atoms with Gasteiger partial charge in [-0.15, -0.1) is 11.8 Å². The molecule has 0 spiro atoms. The number of aliphatic carboxylic acids is 1. The van der Waals surface area contributed by atoms with Crippen LogP contribution in [0.1, 0.15) is 5.82 Å². The molecule has 0 aromatic carbocycles. The van der Waals surface area contributed by atoms with Crippen molar-refractivity contribution < 1.29 is 33.2 Å². The van der Waals surface area contributed by atoms with E-state index in [1.54, 1.807) is 6.08 Å². The number of quaternary nitrogens is 1. The number of hydrogen-bond acceptors (Lipinski definition) is 11. The number of carboxylic acids is 1. The Kier molecular flexibility index (Phi) is 8.11. The molecule has 2 atom stereocenters. The fourth-order valence-electron chi connectivity index (χ4n) is 4.26. The molecule has 0 bridgehead atoms. The number of oxime groups is 1. The number of nitrogens with zero attached hydrogens (tertiary/aromatic N) is 6. The summed E-state index contributed by atoms with van der Waals surface area (Å²) in [6.45, 7) is 3.46. The third kappa shape index (κ3) is 5.76. The molecule has 16 heteroatoms. The van der Waals surface area contributed by atoms with Gasteiger partial charge in [0.05, 0.1) is 26.7 Å². The third-order valence-electron chi connectivity index (χ3n) is 6.47. The summed E-state index contributed by atoms with van der Waals surface area (Å²) in [7, 11) is 4.27. The van der Waals surface area contributed by atoms with Gasteiger partial charge in [0, 0.05) is 30.4 Å². The van der Waals surface area contributed by atoms with Crippen LogP contribution in [-0.2, 0) is 19.2 Å². The van der Waals surface area contributed by atoms with Crippen LogP contribution in [0.3, 0.4) is 0 Å². The molecule has 13 nitrogen and oxygen atoms in total. The van der Waals surface area contributed by atoms with Gasteiger partial charge in [-0.25, -0.2) is 9.18 Å². The fourth-order valence-corrected chi connectivity index (χ4v) is 6.02. The minimum atomic E-state index is -1.29. The van der Waals surface area contributed by atoms with Crippen molar-refractivity contribution in [2.75, 3.05) is 65.2 Å². The number of aromatic nitrogens is 2. The van der Waals surface area contributed by atoms with E-state index in [1.807, 2.05) is 6.08 Å². The van der Waals surface area contributed by atoms with Crippen LogP contribution < -0.4 is 11.1 Å². The fraction of sp³-hybridized carbons (Fsp3) is 0.524. The van der Waals surface area contributed by atoms with Crippen molar-refractivity contribution >= 4 is 51.9 Å². The summed E-state index contributed by atoms with van der Waals surface area (Å²) >= 11 is 2.14. The number of rotatable bonds is 9. The summed E-state index contributed by atoms with van der Waals surface area (Å²) in [6.07, 6.45) is 3.75. The first-order valence-electron chi connectivity index (χ1n) is 11.4. The number of β-lactam (4-membered cyclic amide) rings is 1. The summed E-state index contributed by atoms with van der Waals surface area (Å²) in [5, 5.41) is 15.2. The van der Waals surface area contributed by atoms with E-state index in [2.05, 4.69) is 43.7 Å². The van der Waals surface area contributed by atoms with Crippen molar-refractivity contribution in [3.63, 3.8) is 0 Å². The average molecular weight is 556 g/mol. The lowest BCUT2D eigenvalue weighted by molar-refractivity contribution is -0.908. The van der Waals surface area contributed by atoms with Crippen LogP contribution in [0.4, 0.5) is 9.52 Å². The van der Waals surface area contributed by atoms with Crippen LogP contribution in [0, 0.1) is 0 Å².